The van der Waals surface area contributed by atoms with Crippen molar-refractivity contribution in [2.24, 2.45) is 4.99 Å². The SMILES string of the molecule is CN=C(NCc1ccc(OC)cc1OC(F)F)NCC1(c2ccccc2)CC1.I. The zero-order valence-corrected chi connectivity index (χ0v) is 18.8. The van der Waals surface area contributed by atoms with Crippen LogP contribution in [0.2, 0.25) is 0 Å². The monoisotopic (exact) mass is 517 g/mol. The number of guanidine groups is 1. The molecule has 0 spiro atoms. The van der Waals surface area contributed by atoms with Gasteiger partial charge in [0.15, 0.2) is 5.96 Å². The number of alkyl halides is 2. The van der Waals surface area contributed by atoms with E-state index in [-0.39, 0.29) is 35.1 Å². The van der Waals surface area contributed by atoms with E-state index < -0.39 is 6.61 Å². The number of hydrogen-bond donors (Lipinski definition) is 2. The number of ether oxygens (including phenoxy) is 2. The third-order valence-electron chi connectivity index (χ3n) is 4.99. The molecular weight excluding hydrogens is 491 g/mol. The van der Waals surface area contributed by atoms with Gasteiger partial charge >= 0.3 is 6.61 Å². The minimum atomic E-state index is -2.90. The highest BCUT2D eigenvalue weighted by Crippen LogP contribution is 2.47. The first-order valence-corrected chi connectivity index (χ1v) is 9.18. The maximum Gasteiger partial charge on any atom is 0.387 e. The number of hydrogen-bond acceptors (Lipinski definition) is 3. The molecule has 0 atom stereocenters. The number of methoxy groups -OCH3 is 1. The van der Waals surface area contributed by atoms with E-state index in [1.165, 1.54) is 18.7 Å². The smallest absolute Gasteiger partial charge is 0.387 e. The number of aliphatic imine (C=N–C) groups is 1. The molecule has 29 heavy (non-hydrogen) atoms. The molecule has 2 N–H and O–H groups in total. The molecule has 1 fully saturated rings. The Morgan fingerprint density at radius 1 is 1.14 bits per heavy atom. The van der Waals surface area contributed by atoms with Gasteiger partial charge in [0.2, 0.25) is 0 Å². The summed E-state index contributed by atoms with van der Waals surface area (Å²) in [5.74, 6) is 1.15. The fourth-order valence-electron chi connectivity index (χ4n) is 3.18. The Bertz CT molecular complexity index is 815. The summed E-state index contributed by atoms with van der Waals surface area (Å²) in [6.07, 6.45) is 2.26. The van der Waals surface area contributed by atoms with E-state index in [0.717, 1.165) is 19.4 Å². The summed E-state index contributed by atoms with van der Waals surface area (Å²) in [5.41, 5.74) is 2.05. The highest BCUT2D eigenvalue weighted by Gasteiger charge is 2.43. The molecule has 0 unspecified atom stereocenters. The van der Waals surface area contributed by atoms with E-state index in [1.54, 1.807) is 19.2 Å². The van der Waals surface area contributed by atoms with Gasteiger partial charge in [-0.05, 0) is 30.5 Å². The predicted molar refractivity (Wildman–Crippen MR) is 121 cm³/mol. The molecular formula is C21H26F2IN3O2. The fraction of sp³-hybridized carbons (Fsp3) is 0.381. The van der Waals surface area contributed by atoms with Gasteiger partial charge in [0.05, 0.1) is 7.11 Å². The van der Waals surface area contributed by atoms with Gasteiger partial charge in [-0.2, -0.15) is 8.78 Å². The van der Waals surface area contributed by atoms with Crippen LogP contribution < -0.4 is 20.1 Å². The zero-order valence-electron chi connectivity index (χ0n) is 16.5. The van der Waals surface area contributed by atoms with Crippen LogP contribution in [0.3, 0.4) is 0 Å². The standard InChI is InChI=1S/C21H25F2N3O2.HI/c1-24-20(26-14-21(10-11-21)16-6-4-3-5-7-16)25-13-15-8-9-17(27-2)12-18(15)28-19(22)23;/h3-9,12,19H,10-11,13-14H2,1-2H3,(H2,24,25,26);1H. The number of benzene rings is 2. The van der Waals surface area contributed by atoms with Crippen molar-refractivity contribution in [1.82, 2.24) is 10.6 Å². The van der Waals surface area contributed by atoms with Gasteiger partial charge in [0, 0.05) is 37.2 Å². The summed E-state index contributed by atoms with van der Waals surface area (Å²) in [6.45, 7) is -1.84. The van der Waals surface area contributed by atoms with Crippen LogP contribution in [0.4, 0.5) is 8.78 Å². The van der Waals surface area contributed by atoms with Crippen molar-refractivity contribution < 1.29 is 18.3 Å². The number of rotatable bonds is 8. The van der Waals surface area contributed by atoms with E-state index in [9.17, 15) is 8.78 Å². The Kier molecular flexibility index (Phi) is 8.48. The third-order valence-corrected chi connectivity index (χ3v) is 4.99. The summed E-state index contributed by atoms with van der Waals surface area (Å²) in [4.78, 5) is 4.23. The van der Waals surface area contributed by atoms with Gasteiger partial charge < -0.3 is 20.1 Å². The lowest BCUT2D eigenvalue weighted by Crippen LogP contribution is -2.41. The van der Waals surface area contributed by atoms with E-state index in [4.69, 9.17) is 4.74 Å². The first kappa shape index (κ1) is 23.2. The zero-order chi connectivity index (χ0) is 20.0. The molecule has 0 aliphatic heterocycles. The molecule has 0 saturated heterocycles. The maximum atomic E-state index is 12.7. The Labute approximate surface area is 186 Å². The number of nitrogens with zero attached hydrogens (tertiary/aromatic N) is 1. The molecule has 1 aliphatic carbocycles. The Morgan fingerprint density at radius 3 is 2.45 bits per heavy atom. The second-order valence-corrected chi connectivity index (χ2v) is 6.78. The van der Waals surface area contributed by atoms with Gasteiger partial charge in [-0.15, -0.1) is 24.0 Å². The van der Waals surface area contributed by atoms with E-state index in [0.29, 0.717) is 23.8 Å². The molecule has 8 heteroatoms. The molecule has 2 aromatic rings. The minimum absolute atomic E-state index is 0. The summed E-state index contributed by atoms with van der Waals surface area (Å²) in [5, 5.41) is 6.51. The predicted octanol–water partition coefficient (Wildman–Crippen LogP) is 4.31. The van der Waals surface area contributed by atoms with Crippen LogP contribution >= 0.6 is 24.0 Å². The lowest BCUT2D eigenvalue weighted by Gasteiger charge is -2.19. The molecule has 0 heterocycles. The van der Waals surface area contributed by atoms with Gasteiger partial charge in [-0.1, -0.05) is 30.3 Å². The molecule has 5 nitrogen and oxygen atoms in total. The average Bonchev–Trinajstić information content (AvgIpc) is 3.50. The van der Waals surface area contributed by atoms with Crippen molar-refractivity contribution in [3.63, 3.8) is 0 Å². The largest absolute Gasteiger partial charge is 0.497 e. The topological polar surface area (TPSA) is 54.9 Å². The maximum absolute atomic E-state index is 12.7. The second-order valence-electron chi connectivity index (χ2n) is 6.78. The van der Waals surface area contributed by atoms with Gasteiger partial charge in [-0.25, -0.2) is 0 Å². The summed E-state index contributed by atoms with van der Waals surface area (Å²) in [6, 6.07) is 15.3. The second kappa shape index (κ2) is 10.6. The number of nitrogens with one attached hydrogen (secondary N) is 2. The normalized spacial score (nSPS) is 14.7. The highest BCUT2D eigenvalue weighted by atomic mass is 127. The Hall–Kier alpha value is -2.10. The Morgan fingerprint density at radius 2 is 1.86 bits per heavy atom. The quantitative estimate of drug-likeness (QED) is 0.312. The van der Waals surface area contributed by atoms with Crippen molar-refractivity contribution in [2.45, 2.75) is 31.4 Å². The van der Waals surface area contributed by atoms with Crippen LogP contribution in [0.15, 0.2) is 53.5 Å². The van der Waals surface area contributed by atoms with Crippen LogP contribution in [0.1, 0.15) is 24.0 Å². The molecule has 0 aromatic heterocycles. The van der Waals surface area contributed by atoms with Crippen molar-refractivity contribution >= 4 is 29.9 Å². The summed E-state index contributed by atoms with van der Waals surface area (Å²) in [7, 11) is 3.16. The van der Waals surface area contributed by atoms with Crippen LogP contribution in [0.25, 0.3) is 0 Å². The molecule has 0 bridgehead atoms. The summed E-state index contributed by atoms with van der Waals surface area (Å²) < 4.78 is 35.1. The van der Waals surface area contributed by atoms with Crippen LogP contribution in [-0.2, 0) is 12.0 Å². The molecule has 1 aliphatic rings. The molecule has 0 amide bonds. The van der Waals surface area contributed by atoms with Crippen molar-refractivity contribution in [2.75, 3.05) is 20.7 Å². The Balaban J connectivity index is 0.00000300. The third kappa shape index (κ3) is 6.19. The van der Waals surface area contributed by atoms with Gasteiger partial charge in [-0.3, -0.25) is 4.99 Å². The molecule has 0 radical (unpaired) electrons. The summed E-state index contributed by atoms with van der Waals surface area (Å²) >= 11 is 0. The van der Waals surface area contributed by atoms with Gasteiger partial charge in [0.25, 0.3) is 0 Å². The lowest BCUT2D eigenvalue weighted by molar-refractivity contribution is -0.0505. The van der Waals surface area contributed by atoms with Crippen LogP contribution in [0.5, 0.6) is 11.5 Å². The van der Waals surface area contributed by atoms with E-state index >= 15 is 0 Å². The van der Waals surface area contributed by atoms with E-state index in [1.807, 2.05) is 6.07 Å². The minimum Gasteiger partial charge on any atom is -0.497 e. The molecule has 158 valence electrons. The molecule has 1 saturated carbocycles. The molecule has 2 aromatic carbocycles. The van der Waals surface area contributed by atoms with Crippen molar-refractivity contribution in [1.29, 1.82) is 0 Å². The average molecular weight is 517 g/mol. The lowest BCUT2D eigenvalue weighted by atomic mass is 9.96. The fourth-order valence-corrected chi connectivity index (χ4v) is 3.18. The van der Waals surface area contributed by atoms with Crippen molar-refractivity contribution in [3.8, 4) is 11.5 Å². The van der Waals surface area contributed by atoms with Gasteiger partial charge in [0.1, 0.15) is 11.5 Å². The first-order chi connectivity index (χ1) is 13.6. The highest BCUT2D eigenvalue weighted by molar-refractivity contribution is 14.0. The molecule has 3 rings (SSSR count). The van der Waals surface area contributed by atoms with Crippen molar-refractivity contribution in [3.05, 3.63) is 59.7 Å². The van der Waals surface area contributed by atoms with Crippen LogP contribution in [0, 0.1) is 0 Å². The van der Waals surface area contributed by atoms with E-state index in [2.05, 4.69) is 44.6 Å². The number of halogens is 3. The van der Waals surface area contributed by atoms with Crippen LogP contribution in [-0.4, -0.2) is 33.3 Å². The first-order valence-electron chi connectivity index (χ1n) is 9.18.